The second-order valence-corrected chi connectivity index (χ2v) is 9.33. The molecule has 0 unspecified atom stereocenters. The predicted molar refractivity (Wildman–Crippen MR) is 125 cm³/mol. The number of ether oxygens (including phenoxy) is 1. The van der Waals surface area contributed by atoms with Gasteiger partial charge in [-0.3, -0.25) is 0 Å². The highest BCUT2D eigenvalue weighted by molar-refractivity contribution is 5.25. The summed E-state index contributed by atoms with van der Waals surface area (Å²) in [5.41, 5.74) is 2.84. The van der Waals surface area contributed by atoms with E-state index in [0.29, 0.717) is 13.2 Å². The maximum absolute atomic E-state index is 5.67. The fraction of sp³-hybridized carbons (Fsp3) is 0.643. The highest BCUT2D eigenvalue weighted by Crippen LogP contribution is 2.44. The van der Waals surface area contributed by atoms with Gasteiger partial charge in [0.2, 0.25) is 0 Å². The molecule has 2 aliphatic carbocycles. The minimum atomic E-state index is 0.708. The van der Waals surface area contributed by atoms with Crippen molar-refractivity contribution in [3.8, 4) is 0 Å². The van der Waals surface area contributed by atoms with Crippen LogP contribution in [0.2, 0.25) is 0 Å². The van der Waals surface area contributed by atoms with Crippen molar-refractivity contribution in [1.29, 1.82) is 0 Å². The van der Waals surface area contributed by atoms with E-state index in [4.69, 9.17) is 4.74 Å². The van der Waals surface area contributed by atoms with Gasteiger partial charge in [0, 0.05) is 0 Å². The summed E-state index contributed by atoms with van der Waals surface area (Å²) in [6, 6.07) is 9.25. The molecule has 0 atom stereocenters. The summed E-state index contributed by atoms with van der Waals surface area (Å²) in [5, 5.41) is 0. The van der Waals surface area contributed by atoms with E-state index in [0.717, 1.165) is 23.7 Å². The van der Waals surface area contributed by atoms with E-state index in [1.165, 1.54) is 69.8 Å². The lowest BCUT2D eigenvalue weighted by molar-refractivity contribution is 0.148. The molecule has 0 radical (unpaired) electrons. The van der Waals surface area contributed by atoms with Crippen molar-refractivity contribution in [2.24, 2.45) is 17.8 Å². The van der Waals surface area contributed by atoms with Crippen LogP contribution in [0, 0.1) is 17.8 Å². The predicted octanol–water partition coefficient (Wildman–Crippen LogP) is 8.22. The van der Waals surface area contributed by atoms with Crippen molar-refractivity contribution >= 4 is 0 Å². The van der Waals surface area contributed by atoms with Crippen LogP contribution in [0.4, 0.5) is 0 Å². The first-order valence-electron chi connectivity index (χ1n) is 12.2. The summed E-state index contributed by atoms with van der Waals surface area (Å²) >= 11 is 0. The zero-order chi connectivity index (χ0) is 20.3. The molecule has 0 bridgehead atoms. The summed E-state index contributed by atoms with van der Waals surface area (Å²) in [4.78, 5) is 0. The molecule has 1 heteroatoms. The van der Waals surface area contributed by atoms with E-state index < -0.39 is 0 Å². The molecule has 29 heavy (non-hydrogen) atoms. The quantitative estimate of drug-likeness (QED) is 0.303. The smallest absolute Gasteiger partial charge is 0.0721 e. The van der Waals surface area contributed by atoms with E-state index in [9.17, 15) is 0 Å². The third-order valence-corrected chi connectivity index (χ3v) is 7.37. The summed E-state index contributed by atoms with van der Waals surface area (Å²) < 4.78 is 5.67. The van der Waals surface area contributed by atoms with Crippen LogP contribution in [0.25, 0.3) is 0 Å². The first-order valence-corrected chi connectivity index (χ1v) is 12.2. The lowest BCUT2D eigenvalue weighted by atomic mass is 9.68. The Labute approximate surface area is 179 Å². The van der Waals surface area contributed by atoms with Crippen LogP contribution in [-0.4, -0.2) is 6.61 Å². The van der Waals surface area contributed by atoms with Crippen LogP contribution in [0.5, 0.6) is 0 Å². The third-order valence-electron chi connectivity index (χ3n) is 7.37. The van der Waals surface area contributed by atoms with Crippen molar-refractivity contribution in [2.45, 2.75) is 90.6 Å². The molecule has 0 N–H and O–H groups in total. The number of benzene rings is 1. The van der Waals surface area contributed by atoms with Gasteiger partial charge in [-0.05, 0) is 106 Å². The number of allylic oxidation sites excluding steroid dienone is 3. The first-order chi connectivity index (χ1) is 14.3. The van der Waals surface area contributed by atoms with Crippen LogP contribution < -0.4 is 0 Å². The molecule has 2 fully saturated rings. The van der Waals surface area contributed by atoms with E-state index in [1.54, 1.807) is 5.56 Å². The molecule has 0 aromatic heterocycles. The minimum absolute atomic E-state index is 0.708. The average molecular weight is 395 g/mol. The van der Waals surface area contributed by atoms with Crippen molar-refractivity contribution in [3.05, 3.63) is 59.7 Å². The molecule has 160 valence electrons. The molecule has 0 saturated heterocycles. The largest absolute Gasteiger partial charge is 0.373 e. The third kappa shape index (κ3) is 7.14. The molecule has 3 rings (SSSR count). The van der Waals surface area contributed by atoms with Crippen LogP contribution in [0.1, 0.15) is 95.1 Å². The normalized spacial score (nSPS) is 28.3. The standard InChI is InChI=1S/C28H42O/c1-3-5-7-8-23-9-13-25(14-10-23)27-17-19-28(20-18-27)26-15-11-24(12-16-26)22-29-21-6-4-2/h4-7,11-12,15-16,23,25,27-28H,3,8-10,13-14,17-22H2,1-2H3/b6-4+,7-5+. The Morgan fingerprint density at radius 1 is 0.828 bits per heavy atom. The fourth-order valence-corrected chi connectivity index (χ4v) is 5.50. The molecule has 0 aliphatic heterocycles. The fourth-order valence-electron chi connectivity index (χ4n) is 5.50. The molecule has 2 aliphatic rings. The number of rotatable bonds is 9. The van der Waals surface area contributed by atoms with Gasteiger partial charge in [0.1, 0.15) is 0 Å². The summed E-state index contributed by atoms with van der Waals surface area (Å²) in [5.74, 6) is 3.75. The highest BCUT2D eigenvalue weighted by Gasteiger charge is 2.30. The van der Waals surface area contributed by atoms with Gasteiger partial charge in [-0.25, -0.2) is 0 Å². The Hall–Kier alpha value is -1.34. The van der Waals surface area contributed by atoms with E-state index >= 15 is 0 Å². The number of hydrogen-bond donors (Lipinski definition) is 0. The lowest BCUT2D eigenvalue weighted by Crippen LogP contribution is -2.25. The van der Waals surface area contributed by atoms with Gasteiger partial charge in [0.15, 0.2) is 0 Å². The molecule has 1 nitrogen and oxygen atoms in total. The van der Waals surface area contributed by atoms with Crippen molar-refractivity contribution < 1.29 is 4.74 Å². The Morgan fingerprint density at radius 2 is 1.48 bits per heavy atom. The molecule has 1 aromatic rings. The van der Waals surface area contributed by atoms with Gasteiger partial charge in [-0.2, -0.15) is 0 Å². The van der Waals surface area contributed by atoms with Gasteiger partial charge >= 0.3 is 0 Å². The molecule has 0 heterocycles. The highest BCUT2D eigenvalue weighted by atomic mass is 16.5. The van der Waals surface area contributed by atoms with Crippen molar-refractivity contribution in [3.63, 3.8) is 0 Å². The minimum Gasteiger partial charge on any atom is -0.373 e. The first kappa shape index (κ1) is 22.3. The Morgan fingerprint density at radius 3 is 2.10 bits per heavy atom. The van der Waals surface area contributed by atoms with Crippen LogP contribution in [0.15, 0.2) is 48.6 Å². The molecule has 2 saturated carbocycles. The van der Waals surface area contributed by atoms with E-state index in [2.05, 4.69) is 49.4 Å². The van der Waals surface area contributed by atoms with Crippen molar-refractivity contribution in [2.75, 3.05) is 6.61 Å². The summed E-state index contributed by atoms with van der Waals surface area (Å²) in [6.07, 6.45) is 23.0. The molecular weight excluding hydrogens is 352 g/mol. The lowest BCUT2D eigenvalue weighted by Gasteiger charge is -2.38. The molecular formula is C28H42O. The zero-order valence-corrected chi connectivity index (χ0v) is 18.8. The molecule has 1 aromatic carbocycles. The van der Waals surface area contributed by atoms with Gasteiger partial charge < -0.3 is 4.74 Å². The zero-order valence-electron chi connectivity index (χ0n) is 18.8. The van der Waals surface area contributed by atoms with Crippen LogP contribution >= 0.6 is 0 Å². The Bertz CT molecular complexity index is 610. The maximum atomic E-state index is 5.67. The summed E-state index contributed by atoms with van der Waals surface area (Å²) in [7, 11) is 0. The van der Waals surface area contributed by atoms with Crippen LogP contribution in [-0.2, 0) is 11.3 Å². The van der Waals surface area contributed by atoms with Crippen molar-refractivity contribution in [1.82, 2.24) is 0 Å². The van der Waals surface area contributed by atoms with Gasteiger partial charge in [0.25, 0.3) is 0 Å². The topological polar surface area (TPSA) is 9.23 Å². The molecule has 0 amide bonds. The summed E-state index contributed by atoms with van der Waals surface area (Å²) in [6.45, 7) is 5.69. The maximum Gasteiger partial charge on any atom is 0.0721 e. The SMILES string of the molecule is C/C=C/COCc1ccc(C2CCC(C3CCC(C/C=C/CC)CC3)CC2)cc1. The second-order valence-electron chi connectivity index (χ2n) is 9.33. The molecule has 0 spiro atoms. The Balaban J connectivity index is 1.38. The van der Waals surface area contributed by atoms with Gasteiger partial charge in [-0.15, -0.1) is 0 Å². The van der Waals surface area contributed by atoms with E-state index in [1.807, 2.05) is 13.0 Å². The monoisotopic (exact) mass is 394 g/mol. The number of hydrogen-bond acceptors (Lipinski definition) is 1. The second kappa shape index (κ2) is 12.4. The average Bonchev–Trinajstić information content (AvgIpc) is 2.78. The van der Waals surface area contributed by atoms with Gasteiger partial charge in [-0.1, -0.05) is 55.5 Å². The van der Waals surface area contributed by atoms with Crippen LogP contribution in [0.3, 0.4) is 0 Å². The Kier molecular flexibility index (Phi) is 9.54. The van der Waals surface area contributed by atoms with Gasteiger partial charge in [0.05, 0.1) is 13.2 Å². The van der Waals surface area contributed by atoms with E-state index in [-0.39, 0.29) is 0 Å².